The van der Waals surface area contributed by atoms with Crippen molar-refractivity contribution in [3.8, 4) is 6.07 Å². The molecule has 0 aromatic heterocycles. The van der Waals surface area contributed by atoms with E-state index in [0.717, 1.165) is 17.7 Å². The van der Waals surface area contributed by atoms with E-state index >= 15 is 0 Å². The van der Waals surface area contributed by atoms with E-state index in [1.807, 2.05) is 25.1 Å². The predicted molar refractivity (Wildman–Crippen MR) is 72.7 cm³/mol. The van der Waals surface area contributed by atoms with Crippen molar-refractivity contribution in [1.82, 2.24) is 5.32 Å². The second-order valence-corrected chi connectivity index (χ2v) is 4.71. The molecule has 5 heteroatoms. The Bertz CT molecular complexity index is 652. The first-order valence-electron chi connectivity index (χ1n) is 6.38. The second-order valence-electron chi connectivity index (χ2n) is 4.71. The molecule has 0 spiro atoms. The Labute approximate surface area is 120 Å². The summed E-state index contributed by atoms with van der Waals surface area (Å²) in [4.78, 5) is 0. The number of benzene rings is 2. The smallest absolute Gasteiger partial charge is 0.194 e. The normalized spacial score (nSPS) is 12.0. The third-order valence-corrected chi connectivity index (χ3v) is 3.20. The summed E-state index contributed by atoms with van der Waals surface area (Å²) in [6, 6.07) is 10.9. The molecule has 1 N–H and O–H groups in total. The lowest BCUT2D eigenvalue weighted by molar-refractivity contribution is 0.443. The SMILES string of the molecule is CC(NCc1cc(F)c(F)c(F)c1)c1ccc(C#N)cc1. The van der Waals surface area contributed by atoms with Gasteiger partial charge in [-0.25, -0.2) is 13.2 Å². The highest BCUT2D eigenvalue weighted by atomic mass is 19.2. The number of hydrogen-bond acceptors (Lipinski definition) is 2. The first-order valence-corrected chi connectivity index (χ1v) is 6.38. The van der Waals surface area contributed by atoms with Crippen molar-refractivity contribution in [2.75, 3.05) is 0 Å². The average Bonchev–Trinajstić information content (AvgIpc) is 2.50. The lowest BCUT2D eigenvalue weighted by Gasteiger charge is -2.14. The molecule has 0 saturated heterocycles. The fourth-order valence-electron chi connectivity index (χ4n) is 1.95. The van der Waals surface area contributed by atoms with E-state index in [1.165, 1.54) is 0 Å². The third-order valence-electron chi connectivity index (χ3n) is 3.20. The van der Waals surface area contributed by atoms with Crippen LogP contribution in [0.1, 0.15) is 29.7 Å². The molecular formula is C16H13F3N2. The number of nitrogens with zero attached hydrogens (tertiary/aromatic N) is 1. The zero-order valence-corrected chi connectivity index (χ0v) is 11.3. The van der Waals surface area contributed by atoms with E-state index < -0.39 is 17.5 Å². The maximum absolute atomic E-state index is 13.1. The highest BCUT2D eigenvalue weighted by molar-refractivity contribution is 5.32. The molecule has 1 unspecified atom stereocenters. The van der Waals surface area contributed by atoms with Crippen LogP contribution in [0.15, 0.2) is 36.4 Å². The molecule has 0 radical (unpaired) electrons. The molecule has 2 rings (SSSR count). The fourth-order valence-corrected chi connectivity index (χ4v) is 1.95. The second kappa shape index (κ2) is 6.42. The molecular weight excluding hydrogens is 277 g/mol. The Morgan fingerprint density at radius 2 is 1.67 bits per heavy atom. The minimum atomic E-state index is -1.46. The highest BCUT2D eigenvalue weighted by Crippen LogP contribution is 2.16. The molecule has 2 nitrogen and oxygen atoms in total. The van der Waals surface area contributed by atoms with Gasteiger partial charge in [-0.05, 0) is 42.3 Å². The number of nitrogens with one attached hydrogen (secondary N) is 1. The summed E-state index contributed by atoms with van der Waals surface area (Å²) in [5, 5.41) is 11.8. The van der Waals surface area contributed by atoms with Gasteiger partial charge < -0.3 is 5.32 Å². The van der Waals surface area contributed by atoms with Gasteiger partial charge in [0, 0.05) is 12.6 Å². The summed E-state index contributed by atoms with van der Waals surface area (Å²) in [5.41, 5.74) is 1.83. The van der Waals surface area contributed by atoms with Gasteiger partial charge in [0.25, 0.3) is 0 Å². The molecule has 21 heavy (non-hydrogen) atoms. The summed E-state index contributed by atoms with van der Waals surface area (Å²) in [5.74, 6) is -3.85. The van der Waals surface area contributed by atoms with Gasteiger partial charge in [0.2, 0.25) is 0 Å². The quantitative estimate of drug-likeness (QED) is 0.869. The van der Waals surface area contributed by atoms with Crippen molar-refractivity contribution in [3.63, 3.8) is 0 Å². The van der Waals surface area contributed by atoms with Crippen LogP contribution in [0.5, 0.6) is 0 Å². The molecule has 0 bridgehead atoms. The molecule has 0 aliphatic heterocycles. The zero-order valence-electron chi connectivity index (χ0n) is 11.3. The standard InChI is InChI=1S/C16H13F3N2/c1-10(13-4-2-11(8-20)3-5-13)21-9-12-6-14(17)16(19)15(18)7-12/h2-7,10,21H,9H2,1H3. The number of nitriles is 1. The van der Waals surface area contributed by atoms with E-state index in [4.69, 9.17) is 5.26 Å². The van der Waals surface area contributed by atoms with E-state index in [1.54, 1.807) is 12.1 Å². The third kappa shape index (κ3) is 3.61. The van der Waals surface area contributed by atoms with Gasteiger partial charge in [0.05, 0.1) is 11.6 Å². The molecule has 1 atom stereocenters. The van der Waals surface area contributed by atoms with Crippen molar-refractivity contribution < 1.29 is 13.2 Å². The number of rotatable bonds is 4. The summed E-state index contributed by atoms with van der Waals surface area (Å²) < 4.78 is 39.0. The first-order chi connectivity index (χ1) is 10.0. The van der Waals surface area contributed by atoms with E-state index in [0.29, 0.717) is 11.1 Å². The van der Waals surface area contributed by atoms with Crippen molar-refractivity contribution in [1.29, 1.82) is 5.26 Å². The topological polar surface area (TPSA) is 35.8 Å². The number of hydrogen-bond donors (Lipinski definition) is 1. The lowest BCUT2D eigenvalue weighted by Crippen LogP contribution is -2.18. The Kier molecular flexibility index (Phi) is 4.61. The van der Waals surface area contributed by atoms with Gasteiger partial charge in [0.1, 0.15) is 0 Å². The van der Waals surface area contributed by atoms with Crippen LogP contribution in [0.2, 0.25) is 0 Å². The summed E-state index contributed by atoms with van der Waals surface area (Å²) in [6.07, 6.45) is 0. The minimum Gasteiger partial charge on any atom is -0.306 e. The van der Waals surface area contributed by atoms with Gasteiger partial charge in [0.15, 0.2) is 17.5 Å². The van der Waals surface area contributed by atoms with Crippen molar-refractivity contribution in [2.24, 2.45) is 0 Å². The largest absolute Gasteiger partial charge is 0.306 e. The molecule has 0 fully saturated rings. The van der Waals surface area contributed by atoms with Gasteiger partial charge in [-0.2, -0.15) is 5.26 Å². The molecule has 0 saturated carbocycles. The lowest BCUT2D eigenvalue weighted by atomic mass is 10.1. The number of halogens is 3. The molecule has 2 aromatic carbocycles. The van der Waals surface area contributed by atoms with E-state index in [2.05, 4.69) is 5.32 Å². The zero-order chi connectivity index (χ0) is 15.4. The van der Waals surface area contributed by atoms with Crippen molar-refractivity contribution >= 4 is 0 Å². The van der Waals surface area contributed by atoms with Crippen molar-refractivity contribution in [2.45, 2.75) is 19.5 Å². The van der Waals surface area contributed by atoms with Crippen molar-refractivity contribution in [3.05, 3.63) is 70.5 Å². The molecule has 0 amide bonds. The van der Waals surface area contributed by atoms with E-state index in [9.17, 15) is 13.2 Å². The maximum Gasteiger partial charge on any atom is 0.194 e. The fraction of sp³-hybridized carbons (Fsp3) is 0.188. The minimum absolute atomic E-state index is 0.0751. The van der Waals surface area contributed by atoms with Gasteiger partial charge >= 0.3 is 0 Å². The summed E-state index contributed by atoms with van der Waals surface area (Å²) in [6.45, 7) is 2.09. The Morgan fingerprint density at radius 3 is 2.19 bits per heavy atom. The van der Waals surface area contributed by atoms with Crippen LogP contribution in [0.25, 0.3) is 0 Å². The van der Waals surface area contributed by atoms with Crippen LogP contribution < -0.4 is 5.32 Å². The Hall–Kier alpha value is -2.32. The predicted octanol–water partition coefficient (Wildman–Crippen LogP) is 3.83. The summed E-state index contributed by atoms with van der Waals surface area (Å²) >= 11 is 0. The molecule has 0 aliphatic carbocycles. The van der Waals surface area contributed by atoms with Gasteiger partial charge in [-0.3, -0.25) is 0 Å². The average molecular weight is 290 g/mol. The molecule has 108 valence electrons. The van der Waals surface area contributed by atoms with Gasteiger partial charge in [-0.1, -0.05) is 12.1 Å². The molecule has 0 aliphatic rings. The molecule has 2 aromatic rings. The molecule has 0 heterocycles. The Morgan fingerprint density at radius 1 is 1.10 bits per heavy atom. The van der Waals surface area contributed by atoms with Crippen LogP contribution >= 0.6 is 0 Å². The first kappa shape index (κ1) is 15.1. The van der Waals surface area contributed by atoms with Gasteiger partial charge in [-0.15, -0.1) is 0 Å². The van der Waals surface area contributed by atoms with Crippen LogP contribution in [-0.2, 0) is 6.54 Å². The Balaban J connectivity index is 2.03. The monoisotopic (exact) mass is 290 g/mol. The van der Waals surface area contributed by atoms with Crippen LogP contribution in [0.3, 0.4) is 0 Å². The van der Waals surface area contributed by atoms with Crippen LogP contribution in [-0.4, -0.2) is 0 Å². The van der Waals surface area contributed by atoms with Crippen LogP contribution in [0.4, 0.5) is 13.2 Å². The summed E-state index contributed by atoms with van der Waals surface area (Å²) in [7, 11) is 0. The highest BCUT2D eigenvalue weighted by Gasteiger charge is 2.11. The van der Waals surface area contributed by atoms with E-state index in [-0.39, 0.29) is 12.6 Å². The maximum atomic E-state index is 13.1. The van der Waals surface area contributed by atoms with Crippen LogP contribution in [0, 0.1) is 28.8 Å².